The lowest BCUT2D eigenvalue weighted by Gasteiger charge is -2.37. The van der Waals surface area contributed by atoms with Crippen molar-refractivity contribution >= 4 is 0 Å². The number of allylic oxidation sites excluding steroid dienone is 8. The number of alkyl halides is 8. The molecule has 0 amide bonds. The molecule has 2 aliphatic carbocycles. The largest absolute Gasteiger partial charge is 0.339 e. The molecular weight excluding hydrogens is 308 g/mol. The standard InChI is InChI=1S/C13H8F8/c1-7-4-5-9(13(20,21)11(7,16)17)8-3-2-6-10(14,15)12(8,18)19/h2-6H,1H3. The van der Waals surface area contributed by atoms with Crippen molar-refractivity contribution in [2.45, 2.75) is 30.6 Å². The van der Waals surface area contributed by atoms with Gasteiger partial charge in [0.25, 0.3) is 0 Å². The third-order valence-corrected chi connectivity index (χ3v) is 3.34. The Hall–Kier alpha value is -1.60. The van der Waals surface area contributed by atoms with E-state index in [1.807, 2.05) is 0 Å². The normalized spacial score (nSPS) is 28.5. The van der Waals surface area contributed by atoms with E-state index in [0.717, 1.165) is 0 Å². The molecule has 0 N–H and O–H groups in total. The molecule has 8 heteroatoms. The third kappa shape index (κ3) is 1.95. The van der Waals surface area contributed by atoms with Crippen LogP contribution in [-0.2, 0) is 0 Å². The number of halogens is 8. The van der Waals surface area contributed by atoms with Crippen LogP contribution in [0.3, 0.4) is 0 Å². The molecule has 116 valence electrons. The molecule has 0 aromatic heterocycles. The fraction of sp³-hybridized carbons (Fsp3) is 0.385. The van der Waals surface area contributed by atoms with Gasteiger partial charge in [-0.05, 0) is 13.0 Å². The highest BCUT2D eigenvalue weighted by molar-refractivity contribution is 5.53. The highest BCUT2D eigenvalue weighted by Gasteiger charge is 2.67. The Labute approximate surface area is 114 Å². The zero-order chi connectivity index (χ0) is 16.3. The smallest absolute Gasteiger partial charge is 0.195 e. The molecular formula is C13H8F8. The first-order valence-electron chi connectivity index (χ1n) is 5.67. The van der Waals surface area contributed by atoms with Crippen molar-refractivity contribution in [2.75, 3.05) is 0 Å². The van der Waals surface area contributed by atoms with Crippen molar-refractivity contribution in [1.82, 2.24) is 0 Å². The van der Waals surface area contributed by atoms with Crippen LogP contribution in [0.15, 0.2) is 47.1 Å². The molecule has 0 saturated heterocycles. The number of rotatable bonds is 1. The van der Waals surface area contributed by atoms with Crippen LogP contribution in [-0.4, -0.2) is 23.7 Å². The van der Waals surface area contributed by atoms with Gasteiger partial charge in [0.2, 0.25) is 0 Å². The first-order chi connectivity index (χ1) is 9.36. The SMILES string of the molecule is CC1=CC=C(C2=CC=CC(F)(F)C2(F)F)C(F)(F)C1(F)F. The van der Waals surface area contributed by atoms with E-state index in [0.29, 0.717) is 31.2 Å². The van der Waals surface area contributed by atoms with Crippen molar-refractivity contribution in [2.24, 2.45) is 0 Å². The van der Waals surface area contributed by atoms with Gasteiger partial charge >= 0.3 is 23.7 Å². The van der Waals surface area contributed by atoms with Gasteiger partial charge in [-0.1, -0.05) is 24.3 Å². The van der Waals surface area contributed by atoms with Crippen LogP contribution in [0.25, 0.3) is 0 Å². The average Bonchev–Trinajstić information content (AvgIpc) is 2.32. The molecule has 0 aromatic carbocycles. The lowest BCUT2D eigenvalue weighted by atomic mass is 9.81. The van der Waals surface area contributed by atoms with E-state index >= 15 is 0 Å². The highest BCUT2D eigenvalue weighted by atomic mass is 19.3. The summed E-state index contributed by atoms with van der Waals surface area (Å²) in [6, 6.07) is 0. The minimum atomic E-state index is -5.01. The second-order valence-corrected chi connectivity index (χ2v) is 4.72. The predicted molar refractivity (Wildman–Crippen MR) is 58.9 cm³/mol. The van der Waals surface area contributed by atoms with Gasteiger partial charge in [0.1, 0.15) is 0 Å². The molecule has 21 heavy (non-hydrogen) atoms. The molecule has 0 aromatic rings. The molecule has 0 saturated carbocycles. The Morgan fingerprint density at radius 1 is 0.667 bits per heavy atom. The van der Waals surface area contributed by atoms with Gasteiger partial charge in [-0.25, -0.2) is 0 Å². The summed E-state index contributed by atoms with van der Waals surface area (Å²) < 4.78 is 108. The lowest BCUT2D eigenvalue weighted by molar-refractivity contribution is -0.176. The van der Waals surface area contributed by atoms with Crippen LogP contribution >= 0.6 is 0 Å². The first-order valence-corrected chi connectivity index (χ1v) is 5.67. The maximum atomic E-state index is 13.8. The summed E-state index contributed by atoms with van der Waals surface area (Å²) in [5, 5.41) is 0. The van der Waals surface area contributed by atoms with Gasteiger partial charge in [-0.15, -0.1) is 0 Å². The van der Waals surface area contributed by atoms with E-state index < -0.39 is 40.4 Å². The molecule has 0 atom stereocenters. The molecule has 0 nitrogen and oxygen atoms in total. The summed E-state index contributed by atoms with van der Waals surface area (Å²) in [6.07, 6.45) is 1.40. The molecule has 0 unspecified atom stereocenters. The van der Waals surface area contributed by atoms with Gasteiger partial charge in [0.05, 0.1) is 0 Å². The van der Waals surface area contributed by atoms with Crippen molar-refractivity contribution < 1.29 is 35.1 Å². The second kappa shape index (κ2) is 4.20. The van der Waals surface area contributed by atoms with Crippen molar-refractivity contribution in [3.8, 4) is 0 Å². The second-order valence-electron chi connectivity index (χ2n) is 4.72. The maximum Gasteiger partial charge on any atom is 0.339 e. The Kier molecular flexibility index (Phi) is 3.16. The van der Waals surface area contributed by atoms with Gasteiger partial charge in [-0.2, -0.15) is 35.1 Å². The molecule has 0 bridgehead atoms. The summed E-state index contributed by atoms with van der Waals surface area (Å²) in [5.41, 5.74) is -4.67. The first kappa shape index (κ1) is 15.8. The lowest BCUT2D eigenvalue weighted by Crippen LogP contribution is -2.50. The Morgan fingerprint density at radius 3 is 1.76 bits per heavy atom. The van der Waals surface area contributed by atoms with Gasteiger partial charge in [0, 0.05) is 16.7 Å². The van der Waals surface area contributed by atoms with Gasteiger partial charge in [-0.3, -0.25) is 0 Å². The maximum absolute atomic E-state index is 13.8. The van der Waals surface area contributed by atoms with E-state index in [2.05, 4.69) is 0 Å². The fourth-order valence-corrected chi connectivity index (χ4v) is 2.01. The zero-order valence-corrected chi connectivity index (χ0v) is 10.4. The highest BCUT2D eigenvalue weighted by Crippen LogP contribution is 2.54. The Morgan fingerprint density at radius 2 is 1.19 bits per heavy atom. The predicted octanol–water partition coefficient (Wildman–Crippen LogP) is 4.91. The van der Waals surface area contributed by atoms with E-state index in [9.17, 15) is 35.1 Å². The van der Waals surface area contributed by atoms with Crippen molar-refractivity contribution in [3.63, 3.8) is 0 Å². The molecule has 0 aliphatic heterocycles. The van der Waals surface area contributed by atoms with Crippen LogP contribution < -0.4 is 0 Å². The average molecular weight is 316 g/mol. The zero-order valence-electron chi connectivity index (χ0n) is 10.4. The van der Waals surface area contributed by atoms with E-state index in [1.165, 1.54) is 0 Å². The van der Waals surface area contributed by atoms with E-state index in [4.69, 9.17) is 0 Å². The van der Waals surface area contributed by atoms with Crippen LogP contribution in [0.1, 0.15) is 6.92 Å². The summed E-state index contributed by atoms with van der Waals surface area (Å²) in [4.78, 5) is 0. The van der Waals surface area contributed by atoms with Gasteiger partial charge in [0.15, 0.2) is 0 Å². The fourth-order valence-electron chi connectivity index (χ4n) is 2.01. The van der Waals surface area contributed by atoms with E-state index in [1.54, 1.807) is 0 Å². The Balaban J connectivity index is 2.62. The molecule has 2 rings (SSSR count). The summed E-state index contributed by atoms with van der Waals surface area (Å²) in [6.45, 7) is 0.698. The molecule has 0 fully saturated rings. The molecule has 0 heterocycles. The summed E-state index contributed by atoms with van der Waals surface area (Å²) in [7, 11) is 0. The Bertz CT molecular complexity index is 589. The van der Waals surface area contributed by atoms with Crippen LogP contribution in [0.5, 0.6) is 0 Å². The quantitative estimate of drug-likeness (QED) is 0.603. The minimum absolute atomic E-state index is 0.169. The number of hydrogen-bond acceptors (Lipinski definition) is 0. The minimum Gasteiger partial charge on any atom is -0.195 e. The summed E-state index contributed by atoms with van der Waals surface area (Å²) >= 11 is 0. The molecule has 2 aliphatic rings. The van der Waals surface area contributed by atoms with Crippen molar-refractivity contribution in [1.29, 1.82) is 0 Å². The molecule has 0 spiro atoms. The van der Waals surface area contributed by atoms with Gasteiger partial charge < -0.3 is 0 Å². The van der Waals surface area contributed by atoms with Crippen molar-refractivity contribution in [3.05, 3.63) is 47.1 Å². The number of hydrogen-bond donors (Lipinski definition) is 0. The summed E-state index contributed by atoms with van der Waals surface area (Å²) in [5.74, 6) is -19.5. The third-order valence-electron chi connectivity index (χ3n) is 3.34. The van der Waals surface area contributed by atoms with Crippen LogP contribution in [0, 0.1) is 0 Å². The monoisotopic (exact) mass is 316 g/mol. The van der Waals surface area contributed by atoms with Crippen LogP contribution in [0.4, 0.5) is 35.1 Å². The molecule has 0 radical (unpaired) electrons. The topological polar surface area (TPSA) is 0 Å². The van der Waals surface area contributed by atoms with E-state index in [-0.39, 0.29) is 6.08 Å². The van der Waals surface area contributed by atoms with Crippen LogP contribution in [0.2, 0.25) is 0 Å².